The average Bonchev–Trinajstić information content (AvgIpc) is 2.64. The van der Waals surface area contributed by atoms with Crippen molar-refractivity contribution < 1.29 is 14.0 Å². The van der Waals surface area contributed by atoms with Gasteiger partial charge in [-0.2, -0.15) is 10.5 Å². The summed E-state index contributed by atoms with van der Waals surface area (Å²) in [4.78, 5) is 23.0. The number of urea groups is 2. The fourth-order valence-electron chi connectivity index (χ4n) is 2.40. The molecule has 0 aliphatic carbocycles. The highest BCUT2D eigenvalue weighted by molar-refractivity contribution is 8.06. The molecule has 1 aromatic carbocycles. The Morgan fingerprint density at radius 1 is 1.04 bits per heavy atom. The van der Waals surface area contributed by atoms with E-state index in [2.05, 4.69) is 0 Å². The molecule has 0 unspecified atom stereocenters. The maximum absolute atomic E-state index is 13.7. The summed E-state index contributed by atoms with van der Waals surface area (Å²) in [7, 11) is 0. The molecule has 1 aromatic rings. The molecule has 1 aliphatic rings. The Kier molecular flexibility index (Phi) is 5.67. The van der Waals surface area contributed by atoms with Crippen LogP contribution in [0.15, 0.2) is 45.5 Å². The van der Waals surface area contributed by atoms with Gasteiger partial charge in [-0.15, -0.1) is 0 Å². The zero-order valence-electron chi connectivity index (χ0n) is 13.6. The van der Waals surface area contributed by atoms with Gasteiger partial charge in [0.25, 0.3) is 0 Å². The molecule has 0 spiro atoms. The standard InChI is InChI=1S/C15H13FN8O2S/c16-8-3-1-2-7(4-8)11-9(5-17)12(23(21)14(19)25)27-13(10(11)6-18)24(22)15(20)26/h1-4,11H,21-22H2,(H2,19,25)(H2,20,26). The van der Waals surface area contributed by atoms with Crippen LogP contribution in [0, 0.1) is 28.5 Å². The van der Waals surface area contributed by atoms with Crippen LogP contribution in [0.2, 0.25) is 0 Å². The van der Waals surface area contributed by atoms with E-state index in [0.29, 0.717) is 21.8 Å². The summed E-state index contributed by atoms with van der Waals surface area (Å²) in [6.45, 7) is 0. The van der Waals surface area contributed by atoms with Gasteiger partial charge < -0.3 is 11.5 Å². The fourth-order valence-corrected chi connectivity index (χ4v) is 3.50. The van der Waals surface area contributed by atoms with E-state index >= 15 is 0 Å². The molecule has 2 rings (SSSR count). The lowest BCUT2D eigenvalue weighted by Crippen LogP contribution is -2.44. The molecule has 1 heterocycles. The maximum Gasteiger partial charge on any atom is 0.334 e. The number of hydrogen-bond acceptors (Lipinski definition) is 7. The number of nitrogens with two attached hydrogens (primary N) is 4. The molecule has 4 amide bonds. The zero-order valence-corrected chi connectivity index (χ0v) is 14.4. The number of benzene rings is 1. The average molecular weight is 388 g/mol. The van der Waals surface area contributed by atoms with E-state index in [9.17, 15) is 24.5 Å². The van der Waals surface area contributed by atoms with Gasteiger partial charge in [0, 0.05) is 0 Å². The number of amides is 4. The van der Waals surface area contributed by atoms with Crippen molar-refractivity contribution in [3.8, 4) is 12.1 Å². The number of halogens is 1. The lowest BCUT2D eigenvalue weighted by molar-refractivity contribution is 0.223. The molecule has 138 valence electrons. The number of allylic oxidation sites excluding steroid dienone is 2. The van der Waals surface area contributed by atoms with E-state index in [1.807, 2.05) is 12.1 Å². The Balaban J connectivity index is 2.82. The van der Waals surface area contributed by atoms with Crippen LogP contribution in [-0.4, -0.2) is 22.1 Å². The van der Waals surface area contributed by atoms with Crippen molar-refractivity contribution in [3.63, 3.8) is 0 Å². The van der Waals surface area contributed by atoms with Crippen molar-refractivity contribution in [1.82, 2.24) is 10.0 Å². The number of carbonyl (C=O) groups is 2. The van der Waals surface area contributed by atoms with Crippen molar-refractivity contribution in [1.29, 1.82) is 10.5 Å². The van der Waals surface area contributed by atoms with Crippen LogP contribution in [0.4, 0.5) is 14.0 Å². The Morgan fingerprint density at radius 3 is 1.89 bits per heavy atom. The second-order valence-corrected chi connectivity index (χ2v) is 6.15. The second-order valence-electron chi connectivity index (χ2n) is 5.17. The minimum absolute atomic E-state index is 0.148. The highest BCUT2D eigenvalue weighted by Gasteiger charge is 2.38. The highest BCUT2D eigenvalue weighted by atomic mass is 32.2. The van der Waals surface area contributed by atoms with Crippen molar-refractivity contribution >= 4 is 23.8 Å². The SMILES string of the molecule is N#CC1=C(N(N)C(N)=O)SC(N(N)C(N)=O)=C(C#N)C1c1cccc(F)c1. The summed E-state index contributed by atoms with van der Waals surface area (Å²) in [6.07, 6.45) is 0. The van der Waals surface area contributed by atoms with Crippen LogP contribution in [-0.2, 0) is 0 Å². The van der Waals surface area contributed by atoms with Crippen LogP contribution >= 0.6 is 11.8 Å². The van der Waals surface area contributed by atoms with Gasteiger partial charge in [-0.05, 0) is 29.5 Å². The van der Waals surface area contributed by atoms with Gasteiger partial charge in [-0.3, -0.25) is 0 Å². The van der Waals surface area contributed by atoms with E-state index in [1.54, 1.807) is 0 Å². The first kappa shape index (κ1) is 19.7. The number of hydrogen-bond donors (Lipinski definition) is 4. The topological polar surface area (TPSA) is 192 Å². The van der Waals surface area contributed by atoms with Crippen molar-refractivity contribution in [2.24, 2.45) is 23.2 Å². The molecule has 0 aromatic heterocycles. The maximum atomic E-state index is 13.7. The Hall–Kier alpha value is -3.58. The van der Waals surface area contributed by atoms with Crippen LogP contribution in [0.25, 0.3) is 0 Å². The van der Waals surface area contributed by atoms with Gasteiger partial charge in [-0.1, -0.05) is 12.1 Å². The third kappa shape index (κ3) is 3.68. The molecule has 0 bridgehead atoms. The van der Waals surface area contributed by atoms with Gasteiger partial charge in [0.15, 0.2) is 0 Å². The smallest absolute Gasteiger partial charge is 0.334 e. The Labute approximate surface area is 157 Å². The predicted molar refractivity (Wildman–Crippen MR) is 93.2 cm³/mol. The van der Waals surface area contributed by atoms with Crippen LogP contribution in [0.1, 0.15) is 11.5 Å². The third-order valence-electron chi connectivity index (χ3n) is 3.57. The van der Waals surface area contributed by atoms with E-state index in [1.165, 1.54) is 18.2 Å². The summed E-state index contributed by atoms with van der Waals surface area (Å²) < 4.78 is 13.7. The number of rotatable bonds is 3. The fraction of sp³-hybridized carbons (Fsp3) is 0.0667. The molecule has 27 heavy (non-hydrogen) atoms. The lowest BCUT2D eigenvalue weighted by Gasteiger charge is -2.31. The summed E-state index contributed by atoms with van der Waals surface area (Å²) in [5.41, 5.74) is 10.2. The van der Waals surface area contributed by atoms with Crippen molar-refractivity contribution in [2.45, 2.75) is 5.92 Å². The first-order chi connectivity index (χ1) is 12.7. The van der Waals surface area contributed by atoms with Gasteiger partial charge >= 0.3 is 12.1 Å². The number of hydrazine groups is 2. The molecule has 12 heteroatoms. The number of thioether (sulfide) groups is 1. The molecule has 0 saturated heterocycles. The van der Waals surface area contributed by atoms with Crippen LogP contribution < -0.4 is 23.2 Å². The first-order valence-corrected chi connectivity index (χ1v) is 7.94. The normalized spacial score (nSPS) is 14.4. The van der Waals surface area contributed by atoms with E-state index < -0.39 is 23.8 Å². The molecule has 1 aliphatic heterocycles. The molecule has 8 N–H and O–H groups in total. The van der Waals surface area contributed by atoms with Gasteiger partial charge in [0.1, 0.15) is 15.9 Å². The van der Waals surface area contributed by atoms with Crippen molar-refractivity contribution in [3.05, 3.63) is 56.9 Å². The molecule has 0 atom stereocenters. The predicted octanol–water partition coefficient (Wildman–Crippen LogP) is 0.635. The monoisotopic (exact) mass is 388 g/mol. The number of primary amides is 2. The van der Waals surface area contributed by atoms with Crippen LogP contribution in [0.5, 0.6) is 0 Å². The van der Waals surface area contributed by atoms with E-state index in [4.69, 9.17) is 23.2 Å². The minimum atomic E-state index is -1.15. The summed E-state index contributed by atoms with van der Waals surface area (Å²) >= 11 is 0.593. The third-order valence-corrected chi connectivity index (χ3v) is 4.79. The quantitative estimate of drug-likeness (QED) is 0.331. The first-order valence-electron chi connectivity index (χ1n) is 7.13. The molecular weight excluding hydrogens is 375 g/mol. The Morgan fingerprint density at radius 2 is 1.52 bits per heavy atom. The summed E-state index contributed by atoms with van der Waals surface area (Å²) in [6, 6.07) is 6.61. The largest absolute Gasteiger partial charge is 0.350 e. The molecule has 10 nitrogen and oxygen atoms in total. The number of nitriles is 2. The summed E-state index contributed by atoms with van der Waals surface area (Å²) in [5, 5.41) is 19.8. The molecule has 0 saturated carbocycles. The summed E-state index contributed by atoms with van der Waals surface area (Å²) in [5.74, 6) is 9.48. The second kappa shape index (κ2) is 7.76. The zero-order chi connectivity index (χ0) is 20.3. The Bertz CT molecular complexity index is 907. The molecule has 0 fully saturated rings. The molecular formula is C15H13FN8O2S. The number of nitrogens with zero attached hydrogens (tertiary/aromatic N) is 4. The van der Waals surface area contributed by atoms with Gasteiger partial charge in [0.05, 0.1) is 29.2 Å². The van der Waals surface area contributed by atoms with Gasteiger partial charge in [-0.25, -0.2) is 35.7 Å². The highest BCUT2D eigenvalue weighted by Crippen LogP contribution is 2.47. The van der Waals surface area contributed by atoms with E-state index in [0.717, 1.165) is 6.07 Å². The van der Waals surface area contributed by atoms with Crippen LogP contribution in [0.3, 0.4) is 0 Å². The van der Waals surface area contributed by atoms with Crippen molar-refractivity contribution in [2.75, 3.05) is 0 Å². The molecule has 0 radical (unpaired) electrons. The number of carbonyl (C=O) groups excluding carboxylic acids is 2. The van der Waals surface area contributed by atoms with Gasteiger partial charge in [0.2, 0.25) is 0 Å². The minimum Gasteiger partial charge on any atom is -0.350 e. The van der Waals surface area contributed by atoms with E-state index in [-0.39, 0.29) is 26.8 Å². The lowest BCUT2D eigenvalue weighted by atomic mass is 9.85.